The molecule has 1 amide bonds. The van der Waals surface area contributed by atoms with E-state index in [1.54, 1.807) is 49.6 Å². The summed E-state index contributed by atoms with van der Waals surface area (Å²) in [4.78, 5) is 32.8. The van der Waals surface area contributed by atoms with E-state index < -0.39 is 17.7 Å². The van der Waals surface area contributed by atoms with Crippen LogP contribution in [0.5, 0.6) is 5.75 Å². The molecule has 2 heterocycles. The number of rotatable bonds is 4. The molecular formula is C27H22N2O4S. The molecule has 1 unspecified atom stereocenters. The molecule has 1 aromatic heterocycles. The second-order valence-electron chi connectivity index (χ2n) is 8.24. The number of hydrogen-bond donors (Lipinski definition) is 1. The molecule has 0 aliphatic carbocycles. The Morgan fingerprint density at radius 2 is 1.79 bits per heavy atom. The molecule has 170 valence electrons. The van der Waals surface area contributed by atoms with E-state index in [4.69, 9.17) is 9.72 Å². The number of benzene rings is 3. The predicted octanol–water partition coefficient (Wildman–Crippen LogP) is 5.55. The van der Waals surface area contributed by atoms with Crippen LogP contribution >= 0.6 is 11.3 Å². The molecule has 0 bridgehead atoms. The Balaban J connectivity index is 1.76. The summed E-state index contributed by atoms with van der Waals surface area (Å²) in [6.45, 7) is 3.98. The number of fused-ring (bicyclic) bond motifs is 1. The summed E-state index contributed by atoms with van der Waals surface area (Å²) < 4.78 is 6.32. The zero-order chi connectivity index (χ0) is 24.0. The van der Waals surface area contributed by atoms with Gasteiger partial charge in [-0.25, -0.2) is 4.98 Å². The average Bonchev–Trinajstić information content (AvgIpc) is 3.38. The van der Waals surface area contributed by atoms with Crippen molar-refractivity contribution in [2.24, 2.45) is 0 Å². The summed E-state index contributed by atoms with van der Waals surface area (Å²) in [5, 5.41) is 11.6. The summed E-state index contributed by atoms with van der Waals surface area (Å²) in [7, 11) is 1.55. The van der Waals surface area contributed by atoms with E-state index in [-0.39, 0.29) is 11.3 Å². The number of ether oxygens (including phenoxy) is 1. The fourth-order valence-corrected chi connectivity index (χ4v) is 5.54. The number of Topliss-reactive ketones (excluding diaryl/α,β-unsaturated/α-hetero) is 1. The molecule has 3 aromatic carbocycles. The lowest BCUT2D eigenvalue weighted by molar-refractivity contribution is -0.132. The molecule has 0 saturated carbocycles. The number of thiazole rings is 1. The molecule has 1 aliphatic heterocycles. The third kappa shape index (κ3) is 3.54. The van der Waals surface area contributed by atoms with Gasteiger partial charge < -0.3 is 9.84 Å². The van der Waals surface area contributed by atoms with Gasteiger partial charge in [-0.1, -0.05) is 59.9 Å². The Morgan fingerprint density at radius 3 is 2.53 bits per heavy atom. The van der Waals surface area contributed by atoms with Crippen LogP contribution in [0.2, 0.25) is 0 Å². The number of hydrogen-bond acceptors (Lipinski definition) is 6. The maximum absolute atomic E-state index is 13.4. The number of carbonyl (C=O) groups is 2. The highest BCUT2D eigenvalue weighted by molar-refractivity contribution is 7.22. The lowest BCUT2D eigenvalue weighted by Crippen LogP contribution is -2.29. The van der Waals surface area contributed by atoms with E-state index in [9.17, 15) is 14.7 Å². The molecule has 1 atom stereocenters. The zero-order valence-electron chi connectivity index (χ0n) is 18.9. The molecule has 1 aliphatic rings. The van der Waals surface area contributed by atoms with E-state index in [0.29, 0.717) is 22.0 Å². The number of aryl methyl sites for hydroxylation is 2. The third-order valence-electron chi connectivity index (χ3n) is 5.93. The second-order valence-corrected chi connectivity index (χ2v) is 9.25. The number of anilines is 1. The molecule has 5 rings (SSSR count). The first-order valence-electron chi connectivity index (χ1n) is 10.8. The van der Waals surface area contributed by atoms with E-state index in [2.05, 4.69) is 0 Å². The molecule has 1 saturated heterocycles. The van der Waals surface area contributed by atoms with Crippen molar-refractivity contribution in [1.29, 1.82) is 0 Å². The van der Waals surface area contributed by atoms with Gasteiger partial charge in [-0.05, 0) is 48.7 Å². The summed E-state index contributed by atoms with van der Waals surface area (Å²) in [5.74, 6) is -1.11. The average molecular weight is 471 g/mol. The van der Waals surface area contributed by atoms with Crippen LogP contribution in [0.15, 0.2) is 72.3 Å². The number of aliphatic hydroxyl groups excluding tert-OH is 1. The molecule has 4 aromatic rings. The number of carbonyl (C=O) groups excluding carboxylic acids is 2. The third-order valence-corrected chi connectivity index (χ3v) is 6.93. The van der Waals surface area contributed by atoms with Crippen molar-refractivity contribution in [3.8, 4) is 5.75 Å². The van der Waals surface area contributed by atoms with Gasteiger partial charge in [0.1, 0.15) is 11.5 Å². The van der Waals surface area contributed by atoms with Gasteiger partial charge in [0.15, 0.2) is 5.13 Å². The Kier molecular flexibility index (Phi) is 5.42. The van der Waals surface area contributed by atoms with Gasteiger partial charge >= 0.3 is 5.91 Å². The van der Waals surface area contributed by atoms with Crippen LogP contribution < -0.4 is 9.64 Å². The van der Waals surface area contributed by atoms with Crippen LogP contribution in [0.25, 0.3) is 16.0 Å². The minimum Gasteiger partial charge on any atom is -0.507 e. The molecule has 0 spiro atoms. The van der Waals surface area contributed by atoms with Gasteiger partial charge in [0, 0.05) is 5.56 Å². The highest BCUT2D eigenvalue weighted by Gasteiger charge is 2.48. The van der Waals surface area contributed by atoms with Gasteiger partial charge in [-0.15, -0.1) is 0 Å². The van der Waals surface area contributed by atoms with Crippen molar-refractivity contribution in [1.82, 2.24) is 4.98 Å². The van der Waals surface area contributed by atoms with Crippen LogP contribution in [0.4, 0.5) is 5.13 Å². The number of aliphatic hydroxyl groups is 1. The van der Waals surface area contributed by atoms with Crippen molar-refractivity contribution >= 4 is 44.1 Å². The molecule has 0 radical (unpaired) electrons. The van der Waals surface area contributed by atoms with E-state index in [0.717, 1.165) is 21.3 Å². The van der Waals surface area contributed by atoms with Crippen molar-refractivity contribution in [2.75, 3.05) is 12.0 Å². The predicted molar refractivity (Wildman–Crippen MR) is 133 cm³/mol. The smallest absolute Gasteiger partial charge is 0.301 e. The first-order valence-corrected chi connectivity index (χ1v) is 11.6. The van der Waals surface area contributed by atoms with Crippen molar-refractivity contribution in [3.63, 3.8) is 0 Å². The minimum atomic E-state index is -0.850. The van der Waals surface area contributed by atoms with Crippen LogP contribution in [0, 0.1) is 13.8 Å². The summed E-state index contributed by atoms with van der Waals surface area (Å²) >= 11 is 1.35. The number of amides is 1. The van der Waals surface area contributed by atoms with Crippen molar-refractivity contribution < 1.29 is 19.4 Å². The topological polar surface area (TPSA) is 79.7 Å². The normalized spacial score (nSPS) is 17.5. The number of nitrogens with zero attached hydrogens (tertiary/aromatic N) is 2. The van der Waals surface area contributed by atoms with Crippen molar-refractivity contribution in [2.45, 2.75) is 19.9 Å². The van der Waals surface area contributed by atoms with E-state index >= 15 is 0 Å². The first-order chi connectivity index (χ1) is 16.4. The van der Waals surface area contributed by atoms with E-state index in [1.165, 1.54) is 16.2 Å². The standard InChI is InChI=1S/C27H22N2O4S/c1-15-12-16(2)22-20(13-15)34-27(28-22)29-23(18-10-7-11-19(14-18)33-3)21(25(31)26(29)32)24(30)17-8-5-4-6-9-17/h4-14,23,30H,1-3H3/b24-21+. The van der Waals surface area contributed by atoms with Crippen LogP contribution in [-0.4, -0.2) is 28.9 Å². The summed E-state index contributed by atoms with van der Waals surface area (Å²) in [6, 6.07) is 19.1. The SMILES string of the molecule is COc1cccc(C2/C(=C(\O)c3ccccc3)C(=O)C(=O)N2c2nc3c(C)cc(C)cc3s2)c1. The molecule has 1 N–H and O–H groups in total. The Morgan fingerprint density at radius 1 is 1.03 bits per heavy atom. The number of aromatic nitrogens is 1. The Bertz CT molecular complexity index is 1470. The largest absolute Gasteiger partial charge is 0.507 e. The van der Waals surface area contributed by atoms with Gasteiger partial charge in [0.05, 0.1) is 28.9 Å². The quantitative estimate of drug-likeness (QED) is 0.240. The van der Waals surface area contributed by atoms with Crippen LogP contribution in [-0.2, 0) is 9.59 Å². The Hall–Kier alpha value is -3.97. The maximum Gasteiger partial charge on any atom is 0.301 e. The molecule has 1 fully saturated rings. The minimum absolute atomic E-state index is 0.0246. The molecule has 7 heteroatoms. The lowest BCUT2D eigenvalue weighted by atomic mass is 9.95. The first kappa shape index (κ1) is 21.9. The van der Waals surface area contributed by atoms with Crippen molar-refractivity contribution in [3.05, 3.63) is 94.6 Å². The second kappa shape index (κ2) is 8.43. The maximum atomic E-state index is 13.4. The van der Waals surface area contributed by atoms with E-state index in [1.807, 2.05) is 38.1 Å². The highest BCUT2D eigenvalue weighted by atomic mass is 32.1. The zero-order valence-corrected chi connectivity index (χ0v) is 19.7. The summed E-state index contributed by atoms with van der Waals surface area (Å²) in [6.07, 6.45) is 0. The monoisotopic (exact) mass is 470 g/mol. The number of methoxy groups -OCH3 is 1. The Labute approximate surface area is 200 Å². The van der Waals surface area contributed by atoms with Gasteiger partial charge in [0.2, 0.25) is 0 Å². The fourth-order valence-electron chi connectivity index (χ4n) is 4.37. The fraction of sp³-hybridized carbons (Fsp3) is 0.148. The molecular weight excluding hydrogens is 448 g/mol. The number of ketones is 1. The lowest BCUT2D eigenvalue weighted by Gasteiger charge is -2.23. The van der Waals surface area contributed by atoms with Crippen LogP contribution in [0.1, 0.15) is 28.3 Å². The molecule has 6 nitrogen and oxygen atoms in total. The summed E-state index contributed by atoms with van der Waals surface area (Å²) in [5.41, 5.74) is 4.01. The van der Waals surface area contributed by atoms with Gasteiger partial charge in [0.25, 0.3) is 5.78 Å². The highest BCUT2D eigenvalue weighted by Crippen LogP contribution is 2.45. The van der Waals surface area contributed by atoms with Gasteiger partial charge in [-0.2, -0.15) is 0 Å². The van der Waals surface area contributed by atoms with Crippen LogP contribution in [0.3, 0.4) is 0 Å². The molecule has 34 heavy (non-hydrogen) atoms. The van der Waals surface area contributed by atoms with Gasteiger partial charge in [-0.3, -0.25) is 14.5 Å².